The molecule has 1 saturated carbocycles. The Bertz CT molecular complexity index is 1280. The van der Waals surface area contributed by atoms with Crippen molar-refractivity contribution in [3.05, 3.63) is 35.8 Å². The van der Waals surface area contributed by atoms with Gasteiger partial charge in [-0.05, 0) is 32.0 Å². The molecule has 0 bridgehead atoms. The Morgan fingerprint density at radius 1 is 1.19 bits per heavy atom. The fraction of sp³-hybridized carbons (Fsp3) is 0.476. The molecule has 1 aromatic carbocycles. The fourth-order valence-corrected chi connectivity index (χ4v) is 3.78. The summed E-state index contributed by atoms with van der Waals surface area (Å²) in [7, 11) is 0. The maximum Gasteiger partial charge on any atom is 0.224 e. The van der Waals surface area contributed by atoms with Crippen molar-refractivity contribution in [1.82, 2.24) is 19.5 Å². The standard InChI is InChI=1S/C21H23F3N6O2/c22-11-7-15(23)18(16(24)8-11)28-21-27-17-9-25-20(26-12-1-3-14(31)4-2-12)29-19(17)30(21)13-5-6-32-10-13/h7-9,12-14,31H,1-6,10H2,(H,27,28)(H,25,26,29)/i1D,2D2,14D. The number of nitrogens with one attached hydrogen (secondary N) is 2. The minimum Gasteiger partial charge on any atom is -0.393 e. The van der Waals surface area contributed by atoms with Crippen LogP contribution in [0, 0.1) is 17.5 Å². The highest BCUT2D eigenvalue weighted by Gasteiger charge is 2.27. The first-order chi connectivity index (χ1) is 16.9. The van der Waals surface area contributed by atoms with Gasteiger partial charge >= 0.3 is 0 Å². The molecule has 1 saturated heterocycles. The molecular weight excluding hydrogens is 425 g/mol. The van der Waals surface area contributed by atoms with Gasteiger partial charge in [0.05, 0.1) is 26.3 Å². The zero-order valence-electron chi connectivity index (χ0n) is 20.8. The van der Waals surface area contributed by atoms with Crippen LogP contribution in [0.15, 0.2) is 18.3 Å². The number of nitrogens with zero attached hydrogens (tertiary/aromatic N) is 4. The molecule has 4 unspecified atom stereocenters. The lowest BCUT2D eigenvalue weighted by Crippen LogP contribution is -2.29. The van der Waals surface area contributed by atoms with Gasteiger partial charge in [0.25, 0.3) is 0 Å². The Morgan fingerprint density at radius 3 is 2.72 bits per heavy atom. The predicted molar refractivity (Wildman–Crippen MR) is 111 cm³/mol. The van der Waals surface area contributed by atoms with Crippen molar-refractivity contribution in [3.8, 4) is 0 Å². The second kappa shape index (κ2) is 8.55. The lowest BCUT2D eigenvalue weighted by molar-refractivity contribution is 0.126. The van der Waals surface area contributed by atoms with Crippen molar-refractivity contribution in [3.63, 3.8) is 0 Å². The first-order valence-corrected chi connectivity index (χ1v) is 10.1. The van der Waals surface area contributed by atoms with Gasteiger partial charge in [-0.25, -0.2) is 23.1 Å². The molecule has 5 rings (SSSR count). The topological polar surface area (TPSA) is 97.1 Å². The summed E-state index contributed by atoms with van der Waals surface area (Å²) < 4.78 is 81.6. The second-order valence-corrected chi connectivity index (χ2v) is 7.60. The smallest absolute Gasteiger partial charge is 0.224 e. The van der Waals surface area contributed by atoms with Crippen LogP contribution in [-0.2, 0) is 4.74 Å². The average Bonchev–Trinajstić information content (AvgIpc) is 3.39. The van der Waals surface area contributed by atoms with Crippen LogP contribution in [0.4, 0.5) is 30.8 Å². The number of imidazole rings is 1. The monoisotopic (exact) mass is 452 g/mol. The van der Waals surface area contributed by atoms with Gasteiger partial charge in [-0.3, -0.25) is 4.57 Å². The number of aromatic nitrogens is 4. The van der Waals surface area contributed by atoms with E-state index in [0.717, 1.165) is 0 Å². The summed E-state index contributed by atoms with van der Waals surface area (Å²) in [5.74, 6) is -3.33. The molecule has 11 heteroatoms. The summed E-state index contributed by atoms with van der Waals surface area (Å²) in [5.41, 5.74) is -0.0516. The molecule has 2 fully saturated rings. The minimum atomic E-state index is -2.09. The van der Waals surface area contributed by atoms with E-state index in [1.807, 2.05) is 0 Å². The zero-order valence-corrected chi connectivity index (χ0v) is 16.8. The zero-order chi connectivity index (χ0) is 25.8. The number of ether oxygens (including phenoxy) is 1. The largest absolute Gasteiger partial charge is 0.393 e. The van der Waals surface area contributed by atoms with E-state index in [-0.39, 0.29) is 42.1 Å². The molecule has 3 aromatic rings. The summed E-state index contributed by atoms with van der Waals surface area (Å²) in [6.07, 6.45) is -4.14. The van der Waals surface area contributed by atoms with E-state index in [1.165, 1.54) is 6.20 Å². The van der Waals surface area contributed by atoms with Gasteiger partial charge in [-0.15, -0.1) is 0 Å². The van der Waals surface area contributed by atoms with Gasteiger partial charge in [0.15, 0.2) is 17.3 Å². The lowest BCUT2D eigenvalue weighted by Gasteiger charge is -2.26. The van der Waals surface area contributed by atoms with E-state index in [9.17, 15) is 18.3 Å². The van der Waals surface area contributed by atoms with Gasteiger partial charge in [-0.1, -0.05) is 0 Å². The Morgan fingerprint density at radius 2 is 2.00 bits per heavy atom. The molecule has 1 aliphatic heterocycles. The quantitative estimate of drug-likeness (QED) is 0.544. The Kier molecular flexibility index (Phi) is 4.45. The third kappa shape index (κ3) is 4.09. The van der Waals surface area contributed by atoms with Crippen LogP contribution >= 0.6 is 0 Å². The summed E-state index contributed by atoms with van der Waals surface area (Å²) in [6.45, 7) is 0.724. The average molecular weight is 452 g/mol. The number of halogens is 3. The molecule has 0 amide bonds. The number of anilines is 3. The number of hydrogen-bond donors (Lipinski definition) is 3. The molecule has 170 valence electrons. The van der Waals surface area contributed by atoms with Gasteiger partial charge in [0.2, 0.25) is 11.9 Å². The first-order valence-electron chi connectivity index (χ1n) is 12.2. The fourth-order valence-electron chi connectivity index (χ4n) is 3.78. The first kappa shape index (κ1) is 16.7. The van der Waals surface area contributed by atoms with E-state index in [0.29, 0.717) is 25.2 Å². The predicted octanol–water partition coefficient (Wildman–Crippen LogP) is 3.66. The van der Waals surface area contributed by atoms with E-state index in [4.69, 9.17) is 10.2 Å². The number of benzene rings is 1. The molecule has 1 aliphatic carbocycles. The van der Waals surface area contributed by atoms with Crippen LogP contribution in [-0.4, -0.2) is 50.0 Å². The highest BCUT2D eigenvalue weighted by Crippen LogP contribution is 2.32. The Balaban J connectivity index is 1.53. The molecule has 32 heavy (non-hydrogen) atoms. The summed E-state index contributed by atoms with van der Waals surface area (Å²) in [4.78, 5) is 13.0. The highest BCUT2D eigenvalue weighted by molar-refractivity contribution is 5.76. The molecule has 2 aromatic heterocycles. The number of aliphatic hydroxyl groups is 1. The van der Waals surface area contributed by atoms with Gasteiger partial charge in [0.1, 0.15) is 17.0 Å². The molecule has 8 nitrogen and oxygen atoms in total. The molecule has 3 heterocycles. The van der Waals surface area contributed by atoms with E-state index in [2.05, 4.69) is 25.6 Å². The van der Waals surface area contributed by atoms with Crippen molar-refractivity contribution in [2.75, 3.05) is 23.8 Å². The third-order valence-corrected chi connectivity index (χ3v) is 5.35. The number of fused-ring (bicyclic) bond motifs is 1. The molecule has 0 radical (unpaired) electrons. The summed E-state index contributed by atoms with van der Waals surface area (Å²) in [5, 5.41) is 15.4. The van der Waals surface area contributed by atoms with Gasteiger partial charge in [-0.2, -0.15) is 4.98 Å². The maximum absolute atomic E-state index is 14.3. The second-order valence-electron chi connectivity index (χ2n) is 7.60. The number of hydrogen-bond acceptors (Lipinski definition) is 7. The normalized spacial score (nSPS) is 31.6. The van der Waals surface area contributed by atoms with Crippen molar-refractivity contribution < 1.29 is 28.5 Å². The third-order valence-electron chi connectivity index (χ3n) is 5.35. The molecule has 0 spiro atoms. The van der Waals surface area contributed by atoms with Crippen molar-refractivity contribution in [2.45, 2.75) is 50.2 Å². The van der Waals surface area contributed by atoms with Gasteiger partial charge < -0.3 is 20.5 Å². The summed E-state index contributed by atoms with van der Waals surface area (Å²) >= 11 is 0. The summed E-state index contributed by atoms with van der Waals surface area (Å²) in [6, 6.07) is -0.305. The van der Waals surface area contributed by atoms with Crippen LogP contribution in [0.2, 0.25) is 0 Å². The van der Waals surface area contributed by atoms with E-state index in [1.54, 1.807) is 4.57 Å². The van der Waals surface area contributed by atoms with E-state index < -0.39 is 54.5 Å². The van der Waals surface area contributed by atoms with Crippen LogP contribution in [0.1, 0.15) is 43.6 Å². The van der Waals surface area contributed by atoms with Crippen molar-refractivity contribution in [1.29, 1.82) is 0 Å². The van der Waals surface area contributed by atoms with E-state index >= 15 is 0 Å². The maximum atomic E-state index is 14.3. The van der Waals surface area contributed by atoms with Crippen LogP contribution in [0.3, 0.4) is 0 Å². The molecule has 2 aliphatic rings. The molecule has 3 N–H and O–H groups in total. The lowest BCUT2D eigenvalue weighted by atomic mass is 9.93. The van der Waals surface area contributed by atoms with Gasteiger partial charge in [0, 0.05) is 28.9 Å². The molecular formula is C21H23F3N6O2. The highest BCUT2D eigenvalue weighted by atomic mass is 19.1. The minimum absolute atomic E-state index is 0.0187. The molecule has 4 atom stereocenters. The number of rotatable bonds is 5. The Labute approximate surface area is 187 Å². The SMILES string of the molecule is [2H]C1CC([2H])(O)CC([2H])([2H])C1Nc1ncc2nc(Nc3c(F)cc(F)cc3F)n(C3CCOC3)c2n1. The van der Waals surface area contributed by atoms with Crippen molar-refractivity contribution in [2.24, 2.45) is 0 Å². The Hall–Kier alpha value is -2.92. The van der Waals surface area contributed by atoms with Crippen LogP contribution in [0.25, 0.3) is 11.2 Å². The van der Waals surface area contributed by atoms with Crippen molar-refractivity contribution >= 4 is 28.7 Å². The van der Waals surface area contributed by atoms with Crippen LogP contribution < -0.4 is 10.6 Å². The van der Waals surface area contributed by atoms with Crippen LogP contribution in [0.5, 0.6) is 0 Å².